The van der Waals surface area contributed by atoms with Crippen molar-refractivity contribution in [1.82, 2.24) is 0 Å². The van der Waals surface area contributed by atoms with Crippen molar-refractivity contribution in [2.24, 2.45) is 46.8 Å². The molecule has 0 bridgehead atoms. The molecule has 2 nitrogen and oxygen atoms in total. The highest BCUT2D eigenvalue weighted by Gasteiger charge is 2.70. The molecule has 2 heteroatoms. The van der Waals surface area contributed by atoms with E-state index in [-0.39, 0.29) is 0 Å². The highest BCUT2D eigenvalue weighted by molar-refractivity contribution is 5.91. The largest absolute Gasteiger partial charge is 0.295 e. The number of ketones is 1. The summed E-state index contributed by atoms with van der Waals surface area (Å²) in [7, 11) is 0. The first kappa shape index (κ1) is 14.0. The summed E-state index contributed by atoms with van der Waals surface area (Å²) in [5, 5.41) is 9.80. The van der Waals surface area contributed by atoms with Crippen molar-refractivity contribution >= 4 is 5.78 Å². The molecule has 5 aliphatic carbocycles. The zero-order valence-electron chi connectivity index (χ0n) is 13.9. The molecule has 23 heavy (non-hydrogen) atoms. The van der Waals surface area contributed by atoms with Crippen molar-refractivity contribution in [3.8, 4) is 6.07 Å². The predicted octanol–water partition coefficient (Wildman–Crippen LogP) is 4.29. The summed E-state index contributed by atoms with van der Waals surface area (Å²) in [4.78, 5) is 11.8. The van der Waals surface area contributed by atoms with Crippen molar-refractivity contribution in [3.63, 3.8) is 0 Å². The smallest absolute Gasteiger partial charge is 0.155 e. The fourth-order valence-corrected chi connectivity index (χ4v) is 7.25. The summed E-state index contributed by atoms with van der Waals surface area (Å²) in [6.07, 6.45) is 13.4. The van der Waals surface area contributed by atoms with E-state index in [9.17, 15) is 10.1 Å². The van der Waals surface area contributed by atoms with Crippen LogP contribution < -0.4 is 0 Å². The number of hydrogen-bond acceptors (Lipinski definition) is 2. The van der Waals surface area contributed by atoms with E-state index < -0.39 is 0 Å². The summed E-state index contributed by atoms with van der Waals surface area (Å²) in [6.45, 7) is 2.32. The molecule has 8 unspecified atom stereocenters. The molecule has 0 aromatic rings. The van der Waals surface area contributed by atoms with Crippen LogP contribution in [0.4, 0.5) is 0 Å². The third-order valence-corrected chi connectivity index (χ3v) is 8.20. The number of rotatable bonds is 1. The number of nitrogens with zero attached hydrogens (tertiary/aromatic N) is 1. The standard InChI is InChI=1S/C21H25NO/c1-2-21-8-7-15-14-6-4-13(23)9-12(14)3-5-16(15)20(21)18-10-17(18)19(21)11-22/h3,5,9,14-20H,2,4,6-8,10H2,1H3. The molecule has 5 aliphatic rings. The third-order valence-electron chi connectivity index (χ3n) is 8.20. The van der Waals surface area contributed by atoms with Gasteiger partial charge in [-0.25, -0.2) is 0 Å². The van der Waals surface area contributed by atoms with E-state index in [1.54, 1.807) is 0 Å². The lowest BCUT2D eigenvalue weighted by molar-refractivity contribution is -0.115. The Hall–Kier alpha value is -1.36. The second-order valence-electron chi connectivity index (χ2n) is 8.68. The Morgan fingerprint density at radius 3 is 2.96 bits per heavy atom. The Kier molecular flexibility index (Phi) is 2.80. The molecule has 0 amide bonds. The molecule has 5 rings (SSSR count). The van der Waals surface area contributed by atoms with Gasteiger partial charge in [0.05, 0.1) is 12.0 Å². The third kappa shape index (κ3) is 1.66. The summed E-state index contributed by atoms with van der Waals surface area (Å²) in [5.41, 5.74) is 1.59. The van der Waals surface area contributed by atoms with Gasteiger partial charge in [-0.05, 0) is 84.7 Å². The van der Waals surface area contributed by atoms with Crippen molar-refractivity contribution in [3.05, 3.63) is 23.8 Å². The number of nitriles is 1. The van der Waals surface area contributed by atoms with Gasteiger partial charge in [0.15, 0.2) is 5.78 Å². The molecule has 120 valence electrons. The topological polar surface area (TPSA) is 40.9 Å². The molecule has 3 fully saturated rings. The van der Waals surface area contributed by atoms with Gasteiger partial charge in [0.1, 0.15) is 0 Å². The lowest BCUT2D eigenvalue weighted by Gasteiger charge is -2.53. The first-order chi connectivity index (χ1) is 11.2. The average Bonchev–Trinajstić information content (AvgIpc) is 3.28. The van der Waals surface area contributed by atoms with E-state index in [0.717, 1.165) is 30.6 Å². The molecule has 0 heterocycles. The Balaban J connectivity index is 1.56. The average molecular weight is 307 g/mol. The normalized spacial score (nSPS) is 52.6. The number of carbonyl (C=O) groups is 1. The van der Waals surface area contributed by atoms with Crippen LogP contribution in [-0.2, 0) is 4.79 Å². The monoisotopic (exact) mass is 307 g/mol. The fraction of sp³-hybridized carbons (Fsp3) is 0.714. The van der Waals surface area contributed by atoms with Gasteiger partial charge in [0.2, 0.25) is 0 Å². The molecule has 0 N–H and O–H groups in total. The van der Waals surface area contributed by atoms with Crippen LogP contribution in [0.2, 0.25) is 0 Å². The van der Waals surface area contributed by atoms with Gasteiger partial charge in [-0.2, -0.15) is 5.26 Å². The molecule has 8 atom stereocenters. The molecular formula is C21H25NO. The first-order valence-corrected chi connectivity index (χ1v) is 9.52. The zero-order chi connectivity index (χ0) is 15.8. The Labute approximate surface area is 138 Å². The first-order valence-electron chi connectivity index (χ1n) is 9.52. The lowest BCUT2D eigenvalue weighted by atomic mass is 9.50. The highest BCUT2D eigenvalue weighted by Crippen LogP contribution is 2.74. The van der Waals surface area contributed by atoms with Crippen LogP contribution in [0.3, 0.4) is 0 Å². The van der Waals surface area contributed by atoms with Crippen LogP contribution in [-0.4, -0.2) is 5.78 Å². The molecule has 0 aromatic carbocycles. The van der Waals surface area contributed by atoms with Gasteiger partial charge < -0.3 is 0 Å². The van der Waals surface area contributed by atoms with Crippen molar-refractivity contribution in [2.45, 2.75) is 45.4 Å². The SMILES string of the molecule is CCC12CCC3C4CCC(=O)C=C4C=CC3C1C1CC1C2C#N. The van der Waals surface area contributed by atoms with Crippen LogP contribution in [0.1, 0.15) is 45.4 Å². The van der Waals surface area contributed by atoms with E-state index in [1.165, 1.54) is 31.3 Å². The summed E-state index contributed by atoms with van der Waals surface area (Å²) in [6, 6.07) is 2.72. The Bertz CT molecular complexity index is 668. The molecular weight excluding hydrogens is 282 g/mol. The Morgan fingerprint density at radius 1 is 1.30 bits per heavy atom. The molecule has 0 saturated heterocycles. The number of carbonyl (C=O) groups excluding carboxylic acids is 1. The zero-order valence-corrected chi connectivity index (χ0v) is 13.9. The maximum Gasteiger partial charge on any atom is 0.155 e. The quantitative estimate of drug-likeness (QED) is 0.725. The van der Waals surface area contributed by atoms with Crippen molar-refractivity contribution < 1.29 is 4.79 Å². The molecule has 0 spiro atoms. The Morgan fingerprint density at radius 2 is 2.17 bits per heavy atom. The summed E-state index contributed by atoms with van der Waals surface area (Å²) in [5.74, 6) is 4.85. The van der Waals surface area contributed by atoms with Crippen LogP contribution in [0.15, 0.2) is 23.8 Å². The van der Waals surface area contributed by atoms with Crippen LogP contribution in [0, 0.1) is 58.2 Å². The van der Waals surface area contributed by atoms with E-state index >= 15 is 0 Å². The predicted molar refractivity (Wildman–Crippen MR) is 88.1 cm³/mol. The maximum absolute atomic E-state index is 11.8. The lowest BCUT2D eigenvalue weighted by Crippen LogP contribution is -2.47. The van der Waals surface area contributed by atoms with Crippen molar-refractivity contribution in [1.29, 1.82) is 5.26 Å². The van der Waals surface area contributed by atoms with Crippen molar-refractivity contribution in [2.75, 3.05) is 0 Å². The van der Waals surface area contributed by atoms with E-state index in [2.05, 4.69) is 25.1 Å². The highest BCUT2D eigenvalue weighted by atomic mass is 16.1. The molecule has 0 aromatic heterocycles. The molecule has 0 aliphatic heterocycles. The molecule has 3 saturated carbocycles. The van der Waals surface area contributed by atoms with Crippen LogP contribution >= 0.6 is 0 Å². The summed E-state index contributed by atoms with van der Waals surface area (Å²) < 4.78 is 0. The minimum absolute atomic E-state index is 0.291. The fourth-order valence-electron chi connectivity index (χ4n) is 7.25. The second-order valence-corrected chi connectivity index (χ2v) is 8.68. The van der Waals surface area contributed by atoms with Gasteiger partial charge >= 0.3 is 0 Å². The minimum atomic E-state index is 0.291. The summed E-state index contributed by atoms with van der Waals surface area (Å²) >= 11 is 0. The van der Waals surface area contributed by atoms with Gasteiger partial charge in [-0.1, -0.05) is 19.1 Å². The van der Waals surface area contributed by atoms with Crippen LogP contribution in [0.5, 0.6) is 0 Å². The number of allylic oxidation sites excluding steroid dienone is 4. The van der Waals surface area contributed by atoms with Gasteiger partial charge in [0, 0.05) is 6.42 Å². The van der Waals surface area contributed by atoms with E-state index in [0.29, 0.717) is 34.9 Å². The minimum Gasteiger partial charge on any atom is -0.295 e. The van der Waals surface area contributed by atoms with E-state index in [1.807, 2.05) is 6.08 Å². The number of fused-ring (bicyclic) bond motifs is 7. The number of hydrogen-bond donors (Lipinski definition) is 0. The second kappa shape index (κ2) is 4.59. The van der Waals surface area contributed by atoms with Gasteiger partial charge in [0.25, 0.3) is 0 Å². The van der Waals surface area contributed by atoms with E-state index in [4.69, 9.17) is 0 Å². The maximum atomic E-state index is 11.8. The van der Waals surface area contributed by atoms with Gasteiger partial charge in [-0.3, -0.25) is 4.79 Å². The van der Waals surface area contributed by atoms with Crippen LogP contribution in [0.25, 0.3) is 0 Å². The molecule has 0 radical (unpaired) electrons. The van der Waals surface area contributed by atoms with Gasteiger partial charge in [-0.15, -0.1) is 0 Å².